The van der Waals surface area contributed by atoms with Gasteiger partial charge in [-0.1, -0.05) is 43.6 Å². The van der Waals surface area contributed by atoms with E-state index in [2.05, 4.69) is 25.2 Å². The SMILES string of the molecule is CCCNC(CCOCCC)Cc1ccccc1Cl. The Kier molecular flexibility index (Phi) is 8.89. The van der Waals surface area contributed by atoms with Crippen molar-refractivity contribution in [3.63, 3.8) is 0 Å². The lowest BCUT2D eigenvalue weighted by atomic mass is 10.0. The van der Waals surface area contributed by atoms with Gasteiger partial charge in [0, 0.05) is 24.3 Å². The minimum absolute atomic E-state index is 0.441. The zero-order valence-corrected chi connectivity index (χ0v) is 12.9. The van der Waals surface area contributed by atoms with Gasteiger partial charge in [-0.05, 0) is 43.9 Å². The maximum absolute atomic E-state index is 6.23. The molecule has 0 heterocycles. The van der Waals surface area contributed by atoms with Gasteiger partial charge in [0.2, 0.25) is 0 Å². The first kappa shape index (κ1) is 16.5. The third kappa shape index (κ3) is 6.95. The van der Waals surface area contributed by atoms with Gasteiger partial charge in [0.25, 0.3) is 0 Å². The lowest BCUT2D eigenvalue weighted by molar-refractivity contribution is 0.124. The van der Waals surface area contributed by atoms with Gasteiger partial charge >= 0.3 is 0 Å². The lowest BCUT2D eigenvalue weighted by Crippen LogP contribution is -2.33. The van der Waals surface area contributed by atoms with Crippen molar-refractivity contribution in [3.8, 4) is 0 Å². The predicted octanol–water partition coefficient (Wildman–Crippen LogP) is 4.07. The molecule has 0 saturated carbocycles. The van der Waals surface area contributed by atoms with E-state index in [-0.39, 0.29) is 0 Å². The molecule has 1 atom stereocenters. The minimum atomic E-state index is 0.441. The van der Waals surface area contributed by atoms with E-state index in [0.29, 0.717) is 6.04 Å². The average molecular weight is 284 g/mol. The number of nitrogens with one attached hydrogen (secondary N) is 1. The number of halogens is 1. The van der Waals surface area contributed by atoms with Gasteiger partial charge in [0.05, 0.1) is 0 Å². The molecule has 0 aliphatic rings. The van der Waals surface area contributed by atoms with Crippen LogP contribution >= 0.6 is 11.6 Å². The minimum Gasteiger partial charge on any atom is -0.381 e. The highest BCUT2D eigenvalue weighted by atomic mass is 35.5. The molecule has 1 aromatic carbocycles. The predicted molar refractivity (Wildman–Crippen MR) is 83.0 cm³/mol. The standard InChI is InChI=1S/C16H26ClNO/c1-3-10-18-15(9-12-19-11-4-2)13-14-7-5-6-8-16(14)17/h5-8,15,18H,3-4,9-13H2,1-2H3. The van der Waals surface area contributed by atoms with Crippen LogP contribution in [0.5, 0.6) is 0 Å². The van der Waals surface area contributed by atoms with Crippen LogP contribution in [0.15, 0.2) is 24.3 Å². The molecule has 0 bridgehead atoms. The van der Waals surface area contributed by atoms with Gasteiger partial charge < -0.3 is 10.1 Å². The number of rotatable bonds is 10. The molecular weight excluding hydrogens is 258 g/mol. The van der Waals surface area contributed by atoms with Crippen molar-refractivity contribution in [2.75, 3.05) is 19.8 Å². The maximum Gasteiger partial charge on any atom is 0.0480 e. The first-order valence-corrected chi connectivity index (χ1v) is 7.70. The van der Waals surface area contributed by atoms with Gasteiger partial charge in [0.15, 0.2) is 0 Å². The Bertz CT molecular complexity index is 343. The topological polar surface area (TPSA) is 21.3 Å². The summed E-state index contributed by atoms with van der Waals surface area (Å²) in [7, 11) is 0. The number of hydrogen-bond donors (Lipinski definition) is 1. The van der Waals surface area contributed by atoms with Crippen molar-refractivity contribution < 1.29 is 4.74 Å². The summed E-state index contributed by atoms with van der Waals surface area (Å²) < 4.78 is 5.59. The molecule has 1 rings (SSSR count). The van der Waals surface area contributed by atoms with E-state index in [9.17, 15) is 0 Å². The first-order valence-electron chi connectivity index (χ1n) is 7.32. The Morgan fingerprint density at radius 3 is 2.63 bits per heavy atom. The smallest absolute Gasteiger partial charge is 0.0480 e. The zero-order chi connectivity index (χ0) is 13.9. The highest BCUT2D eigenvalue weighted by molar-refractivity contribution is 6.31. The van der Waals surface area contributed by atoms with E-state index in [1.54, 1.807) is 0 Å². The summed E-state index contributed by atoms with van der Waals surface area (Å²) in [6.07, 6.45) is 4.23. The Morgan fingerprint density at radius 2 is 1.95 bits per heavy atom. The fourth-order valence-corrected chi connectivity index (χ4v) is 2.24. The Labute approximate surface area is 122 Å². The Balaban J connectivity index is 2.46. The monoisotopic (exact) mass is 283 g/mol. The van der Waals surface area contributed by atoms with Crippen LogP contribution in [0.25, 0.3) is 0 Å². The molecule has 1 unspecified atom stereocenters. The molecule has 0 radical (unpaired) electrons. The van der Waals surface area contributed by atoms with E-state index in [1.807, 2.05) is 18.2 Å². The summed E-state index contributed by atoms with van der Waals surface area (Å²) in [5.41, 5.74) is 1.22. The van der Waals surface area contributed by atoms with E-state index in [4.69, 9.17) is 16.3 Å². The molecule has 19 heavy (non-hydrogen) atoms. The van der Waals surface area contributed by atoms with Crippen molar-refractivity contribution in [2.24, 2.45) is 0 Å². The van der Waals surface area contributed by atoms with Crippen molar-refractivity contribution in [1.29, 1.82) is 0 Å². The highest BCUT2D eigenvalue weighted by Gasteiger charge is 2.10. The van der Waals surface area contributed by atoms with Crippen LogP contribution in [-0.4, -0.2) is 25.8 Å². The molecule has 3 heteroatoms. The molecule has 2 nitrogen and oxygen atoms in total. The quantitative estimate of drug-likeness (QED) is 0.654. The van der Waals surface area contributed by atoms with Crippen molar-refractivity contribution in [3.05, 3.63) is 34.9 Å². The lowest BCUT2D eigenvalue weighted by Gasteiger charge is -2.19. The number of ether oxygens (including phenoxy) is 1. The van der Waals surface area contributed by atoms with Crippen LogP contribution < -0.4 is 5.32 Å². The molecule has 0 saturated heterocycles. The van der Waals surface area contributed by atoms with Gasteiger partial charge in [0.1, 0.15) is 0 Å². The number of hydrogen-bond acceptors (Lipinski definition) is 2. The van der Waals surface area contributed by atoms with Gasteiger partial charge in [-0.2, -0.15) is 0 Å². The fourth-order valence-electron chi connectivity index (χ4n) is 2.03. The molecule has 0 aliphatic carbocycles. The number of benzene rings is 1. The molecule has 1 N–H and O–H groups in total. The third-order valence-corrected chi connectivity index (χ3v) is 3.44. The maximum atomic E-state index is 6.23. The molecular formula is C16H26ClNO. The largest absolute Gasteiger partial charge is 0.381 e. The first-order chi connectivity index (χ1) is 9.27. The van der Waals surface area contributed by atoms with Crippen LogP contribution in [0.1, 0.15) is 38.7 Å². The molecule has 0 amide bonds. The second-order valence-electron chi connectivity index (χ2n) is 4.85. The highest BCUT2D eigenvalue weighted by Crippen LogP contribution is 2.17. The summed E-state index contributed by atoms with van der Waals surface area (Å²) in [4.78, 5) is 0. The summed E-state index contributed by atoms with van der Waals surface area (Å²) in [5, 5.41) is 4.44. The van der Waals surface area contributed by atoms with E-state index in [0.717, 1.165) is 50.5 Å². The normalized spacial score (nSPS) is 12.6. The Hall–Kier alpha value is -0.570. The van der Waals surface area contributed by atoms with E-state index >= 15 is 0 Å². The van der Waals surface area contributed by atoms with Crippen LogP contribution in [0.3, 0.4) is 0 Å². The summed E-state index contributed by atoms with van der Waals surface area (Å²) in [6, 6.07) is 8.53. The molecule has 0 spiro atoms. The molecule has 0 fully saturated rings. The molecule has 1 aromatic rings. The van der Waals surface area contributed by atoms with Gasteiger partial charge in [-0.25, -0.2) is 0 Å². The van der Waals surface area contributed by atoms with Crippen LogP contribution in [0.2, 0.25) is 5.02 Å². The second-order valence-corrected chi connectivity index (χ2v) is 5.25. The Morgan fingerprint density at radius 1 is 1.16 bits per heavy atom. The molecule has 108 valence electrons. The van der Waals surface area contributed by atoms with Crippen LogP contribution in [0, 0.1) is 0 Å². The van der Waals surface area contributed by atoms with Crippen molar-refractivity contribution in [2.45, 2.75) is 45.6 Å². The summed E-state index contributed by atoms with van der Waals surface area (Å²) >= 11 is 6.23. The van der Waals surface area contributed by atoms with Crippen LogP contribution in [-0.2, 0) is 11.2 Å². The van der Waals surface area contributed by atoms with E-state index < -0.39 is 0 Å². The van der Waals surface area contributed by atoms with Crippen molar-refractivity contribution in [1.82, 2.24) is 5.32 Å². The van der Waals surface area contributed by atoms with Crippen LogP contribution in [0.4, 0.5) is 0 Å². The summed E-state index contributed by atoms with van der Waals surface area (Å²) in [6.45, 7) is 7.04. The van der Waals surface area contributed by atoms with E-state index in [1.165, 1.54) is 5.56 Å². The summed E-state index contributed by atoms with van der Waals surface area (Å²) in [5.74, 6) is 0. The second kappa shape index (κ2) is 10.2. The molecule has 0 aliphatic heterocycles. The fraction of sp³-hybridized carbons (Fsp3) is 0.625. The van der Waals surface area contributed by atoms with Crippen molar-refractivity contribution >= 4 is 11.6 Å². The third-order valence-electron chi connectivity index (χ3n) is 3.07. The molecule has 0 aromatic heterocycles. The van der Waals surface area contributed by atoms with Gasteiger partial charge in [-0.3, -0.25) is 0 Å². The van der Waals surface area contributed by atoms with Gasteiger partial charge in [-0.15, -0.1) is 0 Å². The zero-order valence-electron chi connectivity index (χ0n) is 12.1. The average Bonchev–Trinajstić information content (AvgIpc) is 2.43.